The van der Waals surface area contributed by atoms with Crippen molar-refractivity contribution in [2.75, 3.05) is 6.54 Å². The van der Waals surface area contributed by atoms with Gasteiger partial charge in [0.15, 0.2) is 0 Å². The Balaban J connectivity index is 1.67. The molecule has 0 bridgehead atoms. The molecule has 2 heterocycles. The molecule has 27 heavy (non-hydrogen) atoms. The number of aromatic nitrogens is 3. The number of aryl methyl sites for hydroxylation is 1. The van der Waals surface area contributed by atoms with Crippen molar-refractivity contribution in [1.29, 1.82) is 0 Å². The first-order chi connectivity index (χ1) is 13.2. The van der Waals surface area contributed by atoms with E-state index in [9.17, 15) is 4.79 Å². The molecule has 134 valence electrons. The Labute approximate surface area is 157 Å². The van der Waals surface area contributed by atoms with Crippen LogP contribution >= 0.6 is 0 Å². The zero-order valence-electron chi connectivity index (χ0n) is 15.0. The normalized spacial score (nSPS) is 12.0. The summed E-state index contributed by atoms with van der Waals surface area (Å²) in [6.45, 7) is 2.55. The Bertz CT molecular complexity index is 1070. The fraction of sp³-hybridized carbons (Fsp3) is 0.136. The zero-order valence-corrected chi connectivity index (χ0v) is 15.0. The van der Waals surface area contributed by atoms with Crippen molar-refractivity contribution in [2.45, 2.75) is 12.8 Å². The number of hydrogen-bond acceptors (Lipinski definition) is 3. The number of carbonyl (C=O) groups is 1. The molecule has 4 rings (SSSR count). The molecule has 0 aliphatic carbocycles. The number of fused-ring (bicyclic) bond motifs is 1. The van der Waals surface area contributed by atoms with Gasteiger partial charge in [-0.1, -0.05) is 48.0 Å². The van der Waals surface area contributed by atoms with Crippen molar-refractivity contribution < 1.29 is 4.79 Å². The molecule has 2 N–H and O–H groups in total. The van der Waals surface area contributed by atoms with Crippen molar-refractivity contribution >= 4 is 16.8 Å². The van der Waals surface area contributed by atoms with Gasteiger partial charge in [-0.15, -0.1) is 0 Å². The number of hydrogen-bond donors (Lipinski definition) is 2. The fourth-order valence-electron chi connectivity index (χ4n) is 3.38. The van der Waals surface area contributed by atoms with E-state index in [-0.39, 0.29) is 11.8 Å². The first kappa shape index (κ1) is 17.0. The quantitative estimate of drug-likeness (QED) is 0.571. The lowest BCUT2D eigenvalue weighted by Crippen LogP contribution is -2.29. The second-order valence-corrected chi connectivity index (χ2v) is 6.56. The molecule has 1 amide bonds. The molecule has 0 saturated carbocycles. The molecule has 5 heteroatoms. The van der Waals surface area contributed by atoms with E-state index in [0.29, 0.717) is 12.2 Å². The van der Waals surface area contributed by atoms with Crippen LogP contribution in [0.25, 0.3) is 10.9 Å². The molecular formula is C22H20N4O. The van der Waals surface area contributed by atoms with Gasteiger partial charge in [-0.2, -0.15) is 0 Å². The van der Waals surface area contributed by atoms with Crippen molar-refractivity contribution in [1.82, 2.24) is 20.3 Å². The van der Waals surface area contributed by atoms with Crippen molar-refractivity contribution in [3.05, 3.63) is 95.7 Å². The SMILES string of the molecule is Cc1cccc(C(CNC(=O)c2cnccn2)c2c[nH]c3ccccc23)c1. The topological polar surface area (TPSA) is 70.7 Å². The van der Waals surface area contributed by atoms with Gasteiger partial charge >= 0.3 is 0 Å². The number of para-hydroxylation sites is 1. The van der Waals surface area contributed by atoms with E-state index in [4.69, 9.17) is 0 Å². The van der Waals surface area contributed by atoms with Crippen LogP contribution in [-0.2, 0) is 0 Å². The first-order valence-electron chi connectivity index (χ1n) is 8.89. The zero-order chi connectivity index (χ0) is 18.6. The van der Waals surface area contributed by atoms with E-state index in [2.05, 4.69) is 63.6 Å². The van der Waals surface area contributed by atoms with Crippen LogP contribution in [0.5, 0.6) is 0 Å². The Morgan fingerprint density at radius 2 is 2.04 bits per heavy atom. The number of carbonyl (C=O) groups excluding carboxylic acids is 1. The van der Waals surface area contributed by atoms with Gasteiger partial charge in [-0.25, -0.2) is 4.98 Å². The lowest BCUT2D eigenvalue weighted by atomic mass is 9.90. The summed E-state index contributed by atoms with van der Waals surface area (Å²) < 4.78 is 0. The highest BCUT2D eigenvalue weighted by Crippen LogP contribution is 2.31. The number of rotatable bonds is 5. The van der Waals surface area contributed by atoms with Crippen LogP contribution in [0.3, 0.4) is 0 Å². The number of aromatic amines is 1. The van der Waals surface area contributed by atoms with Gasteiger partial charge in [0.1, 0.15) is 5.69 Å². The van der Waals surface area contributed by atoms with Gasteiger partial charge in [-0.05, 0) is 24.1 Å². The monoisotopic (exact) mass is 356 g/mol. The summed E-state index contributed by atoms with van der Waals surface area (Å²) in [5, 5.41) is 4.18. The van der Waals surface area contributed by atoms with Gasteiger partial charge in [0, 0.05) is 42.0 Å². The summed E-state index contributed by atoms with van der Waals surface area (Å²) in [7, 11) is 0. The van der Waals surface area contributed by atoms with Crippen LogP contribution < -0.4 is 5.32 Å². The Hall–Kier alpha value is -3.47. The van der Waals surface area contributed by atoms with Crippen LogP contribution in [-0.4, -0.2) is 27.4 Å². The summed E-state index contributed by atoms with van der Waals surface area (Å²) in [5.74, 6) is -0.192. The number of nitrogens with zero attached hydrogens (tertiary/aromatic N) is 2. The van der Waals surface area contributed by atoms with E-state index in [1.807, 2.05) is 18.3 Å². The van der Waals surface area contributed by atoms with Gasteiger partial charge < -0.3 is 10.3 Å². The lowest BCUT2D eigenvalue weighted by molar-refractivity contribution is 0.0947. The molecule has 4 aromatic rings. The Morgan fingerprint density at radius 1 is 1.15 bits per heavy atom. The van der Waals surface area contributed by atoms with Crippen LogP contribution in [0.2, 0.25) is 0 Å². The average molecular weight is 356 g/mol. The Kier molecular flexibility index (Phi) is 4.66. The molecule has 1 unspecified atom stereocenters. The number of nitrogens with one attached hydrogen (secondary N) is 2. The molecule has 0 spiro atoms. The van der Waals surface area contributed by atoms with Crippen molar-refractivity contribution in [3.63, 3.8) is 0 Å². The van der Waals surface area contributed by atoms with E-state index >= 15 is 0 Å². The molecule has 0 saturated heterocycles. The van der Waals surface area contributed by atoms with Crippen LogP contribution in [0.15, 0.2) is 73.3 Å². The first-order valence-corrected chi connectivity index (χ1v) is 8.89. The molecule has 2 aromatic heterocycles. The molecule has 0 aliphatic heterocycles. The summed E-state index contributed by atoms with van der Waals surface area (Å²) in [6.07, 6.45) is 6.58. The molecule has 2 aromatic carbocycles. The third-order valence-corrected chi connectivity index (χ3v) is 4.70. The molecule has 5 nitrogen and oxygen atoms in total. The predicted molar refractivity (Wildman–Crippen MR) is 106 cm³/mol. The summed E-state index contributed by atoms with van der Waals surface area (Å²) in [5.41, 5.74) is 4.93. The fourth-order valence-corrected chi connectivity index (χ4v) is 3.38. The minimum absolute atomic E-state index is 0.0293. The summed E-state index contributed by atoms with van der Waals surface area (Å²) >= 11 is 0. The van der Waals surface area contributed by atoms with E-state index in [1.165, 1.54) is 23.5 Å². The molecular weight excluding hydrogens is 336 g/mol. The molecule has 0 radical (unpaired) electrons. The maximum atomic E-state index is 12.5. The average Bonchev–Trinajstić information content (AvgIpc) is 3.13. The van der Waals surface area contributed by atoms with Crippen molar-refractivity contribution in [3.8, 4) is 0 Å². The lowest BCUT2D eigenvalue weighted by Gasteiger charge is -2.18. The Morgan fingerprint density at radius 3 is 2.85 bits per heavy atom. The third kappa shape index (κ3) is 3.58. The molecule has 0 aliphatic rings. The van der Waals surface area contributed by atoms with Crippen LogP contribution in [0.4, 0.5) is 0 Å². The standard InChI is InChI=1S/C22H20N4O/c1-15-5-4-6-16(11-15)18(12-26-22(27)21-14-23-9-10-24-21)19-13-25-20-8-3-2-7-17(19)20/h2-11,13-14,18,25H,12H2,1H3,(H,26,27). The van der Waals surface area contributed by atoms with Gasteiger partial charge in [0.25, 0.3) is 5.91 Å². The molecule has 1 atom stereocenters. The summed E-state index contributed by atoms with van der Waals surface area (Å²) in [4.78, 5) is 23.8. The minimum Gasteiger partial charge on any atom is -0.361 e. The third-order valence-electron chi connectivity index (χ3n) is 4.70. The van der Waals surface area contributed by atoms with E-state index in [1.54, 1.807) is 6.20 Å². The highest BCUT2D eigenvalue weighted by molar-refractivity contribution is 5.92. The maximum absolute atomic E-state index is 12.5. The highest BCUT2D eigenvalue weighted by Gasteiger charge is 2.20. The highest BCUT2D eigenvalue weighted by atomic mass is 16.1. The van der Waals surface area contributed by atoms with Crippen molar-refractivity contribution in [2.24, 2.45) is 0 Å². The number of benzene rings is 2. The second-order valence-electron chi connectivity index (χ2n) is 6.56. The van der Waals surface area contributed by atoms with E-state index < -0.39 is 0 Å². The number of H-pyrrole nitrogens is 1. The maximum Gasteiger partial charge on any atom is 0.271 e. The largest absolute Gasteiger partial charge is 0.361 e. The van der Waals surface area contributed by atoms with Gasteiger partial charge in [0.05, 0.1) is 6.20 Å². The summed E-state index contributed by atoms with van der Waals surface area (Å²) in [6, 6.07) is 16.6. The van der Waals surface area contributed by atoms with Crippen LogP contribution in [0, 0.1) is 6.92 Å². The molecule has 0 fully saturated rings. The van der Waals surface area contributed by atoms with Gasteiger partial charge in [0.2, 0.25) is 0 Å². The van der Waals surface area contributed by atoms with E-state index in [0.717, 1.165) is 16.5 Å². The van der Waals surface area contributed by atoms with Gasteiger partial charge in [-0.3, -0.25) is 9.78 Å². The predicted octanol–water partition coefficient (Wildman–Crippen LogP) is 3.83. The minimum atomic E-state index is -0.222. The van der Waals surface area contributed by atoms with Crippen LogP contribution in [0.1, 0.15) is 33.1 Å². The number of amides is 1. The smallest absolute Gasteiger partial charge is 0.271 e. The second kappa shape index (κ2) is 7.41.